The van der Waals surface area contributed by atoms with Crippen LogP contribution < -0.4 is 20.8 Å². The molecule has 2 heterocycles. The summed E-state index contributed by atoms with van der Waals surface area (Å²) in [7, 11) is 0. The highest BCUT2D eigenvalue weighted by Gasteiger charge is 2.34. The molecule has 1 aliphatic rings. The fraction of sp³-hybridized carbons (Fsp3) is 0.333. The molecule has 4 rings (SSSR count). The van der Waals surface area contributed by atoms with Gasteiger partial charge in [0.15, 0.2) is 5.75 Å². The number of halogens is 3. The van der Waals surface area contributed by atoms with E-state index in [2.05, 4.69) is 4.74 Å². The van der Waals surface area contributed by atoms with Gasteiger partial charge in [-0.3, -0.25) is 4.79 Å². The van der Waals surface area contributed by atoms with Crippen LogP contribution in [0.5, 0.6) is 5.75 Å². The van der Waals surface area contributed by atoms with Crippen LogP contribution in [-0.4, -0.2) is 34.5 Å². The third kappa shape index (κ3) is 4.09. The summed E-state index contributed by atoms with van der Waals surface area (Å²) < 4.78 is 49.6. The SMILES string of the molecule is Cc1c(F)c(N2CC[C@@H](C(C)(C)N)C2)cc2c1c(=O)c(OC(=O)O)cn2-c1ccc(F)cc1F. The van der Waals surface area contributed by atoms with Crippen LogP contribution in [0.4, 0.5) is 23.7 Å². The van der Waals surface area contributed by atoms with Crippen molar-refractivity contribution in [1.29, 1.82) is 0 Å². The first kappa shape index (κ1) is 23.6. The number of anilines is 1. The first-order valence-electron chi connectivity index (χ1n) is 10.7. The molecule has 0 unspecified atom stereocenters. The number of benzene rings is 2. The molecule has 1 aromatic heterocycles. The van der Waals surface area contributed by atoms with Gasteiger partial charge < -0.3 is 25.0 Å². The number of rotatable bonds is 4. The molecule has 1 fully saturated rings. The maximum Gasteiger partial charge on any atom is 0.511 e. The van der Waals surface area contributed by atoms with Crippen molar-refractivity contribution in [3.8, 4) is 11.4 Å². The summed E-state index contributed by atoms with van der Waals surface area (Å²) in [5, 5.41) is 8.87. The molecule has 1 saturated heterocycles. The highest BCUT2D eigenvalue weighted by atomic mass is 19.1. The maximum atomic E-state index is 15.5. The molecule has 180 valence electrons. The van der Waals surface area contributed by atoms with E-state index in [-0.39, 0.29) is 33.8 Å². The maximum absolute atomic E-state index is 15.5. The number of aromatic nitrogens is 1. The molecule has 0 spiro atoms. The summed E-state index contributed by atoms with van der Waals surface area (Å²) in [6.45, 7) is 6.21. The Hall–Kier alpha value is -3.53. The molecule has 0 amide bonds. The van der Waals surface area contributed by atoms with E-state index in [4.69, 9.17) is 10.8 Å². The van der Waals surface area contributed by atoms with Gasteiger partial charge in [0.1, 0.15) is 17.5 Å². The van der Waals surface area contributed by atoms with Crippen LogP contribution in [0, 0.1) is 30.3 Å². The Morgan fingerprint density at radius 1 is 1.21 bits per heavy atom. The third-order valence-corrected chi connectivity index (χ3v) is 6.36. The second-order valence-electron chi connectivity index (χ2n) is 9.14. The number of ether oxygens (including phenoxy) is 1. The van der Waals surface area contributed by atoms with E-state index in [9.17, 15) is 18.4 Å². The van der Waals surface area contributed by atoms with Gasteiger partial charge in [0, 0.05) is 30.3 Å². The van der Waals surface area contributed by atoms with Gasteiger partial charge in [-0.2, -0.15) is 0 Å². The summed E-state index contributed by atoms with van der Waals surface area (Å²) in [6, 6.07) is 4.23. The van der Waals surface area contributed by atoms with Crippen molar-refractivity contribution >= 4 is 22.7 Å². The normalized spacial score (nSPS) is 16.3. The molecule has 0 radical (unpaired) electrons. The van der Waals surface area contributed by atoms with Crippen molar-refractivity contribution in [2.24, 2.45) is 11.7 Å². The predicted octanol–water partition coefficient (Wildman–Crippen LogP) is 4.34. The van der Waals surface area contributed by atoms with E-state index in [1.54, 1.807) is 0 Å². The molecule has 7 nitrogen and oxygen atoms in total. The summed E-state index contributed by atoms with van der Waals surface area (Å²) in [5.41, 5.74) is 5.04. The van der Waals surface area contributed by atoms with Crippen molar-refractivity contribution in [3.05, 3.63) is 63.7 Å². The molecule has 3 aromatic rings. The number of carboxylic acid groups (broad SMARTS) is 1. The van der Waals surface area contributed by atoms with Crippen LogP contribution in [-0.2, 0) is 0 Å². The number of hydrogen-bond acceptors (Lipinski definition) is 5. The van der Waals surface area contributed by atoms with E-state index in [0.717, 1.165) is 24.8 Å². The van der Waals surface area contributed by atoms with Gasteiger partial charge in [-0.05, 0) is 51.3 Å². The quantitative estimate of drug-likeness (QED) is 0.545. The number of nitrogens with zero attached hydrogens (tertiary/aromatic N) is 2. The Morgan fingerprint density at radius 2 is 1.91 bits per heavy atom. The lowest BCUT2D eigenvalue weighted by Gasteiger charge is -2.28. The highest BCUT2D eigenvalue weighted by molar-refractivity contribution is 5.89. The molecular weight excluding hydrogens is 451 g/mol. The lowest BCUT2D eigenvalue weighted by atomic mass is 9.88. The van der Waals surface area contributed by atoms with E-state index < -0.39 is 40.3 Å². The average molecular weight is 475 g/mol. The lowest BCUT2D eigenvalue weighted by molar-refractivity contribution is 0.144. The van der Waals surface area contributed by atoms with E-state index >= 15 is 4.39 Å². The largest absolute Gasteiger partial charge is 0.511 e. The van der Waals surface area contributed by atoms with Crippen molar-refractivity contribution in [2.75, 3.05) is 18.0 Å². The molecule has 3 N–H and O–H groups in total. The minimum Gasteiger partial charge on any atom is -0.449 e. The van der Waals surface area contributed by atoms with Gasteiger partial charge in [0.25, 0.3) is 0 Å². The number of pyridine rings is 1. The fourth-order valence-electron chi connectivity index (χ4n) is 4.46. The number of aryl methyl sites for hydroxylation is 1. The summed E-state index contributed by atoms with van der Waals surface area (Å²) in [6.07, 6.45) is -0.0126. The minimum atomic E-state index is -1.76. The van der Waals surface area contributed by atoms with Gasteiger partial charge in [-0.25, -0.2) is 18.0 Å². The second kappa shape index (κ2) is 8.35. The molecule has 0 saturated carbocycles. The number of carbonyl (C=O) groups is 1. The lowest BCUT2D eigenvalue weighted by Crippen LogP contribution is -2.42. The Bertz CT molecular complexity index is 1360. The molecule has 0 bridgehead atoms. The first-order chi connectivity index (χ1) is 15.9. The number of nitrogens with two attached hydrogens (primary N) is 1. The van der Waals surface area contributed by atoms with Gasteiger partial charge in [-0.1, -0.05) is 0 Å². The van der Waals surface area contributed by atoms with Crippen LogP contribution in [0.25, 0.3) is 16.6 Å². The zero-order valence-corrected chi connectivity index (χ0v) is 18.9. The van der Waals surface area contributed by atoms with Gasteiger partial charge in [0.2, 0.25) is 5.43 Å². The third-order valence-electron chi connectivity index (χ3n) is 6.36. The highest BCUT2D eigenvalue weighted by Crippen LogP contribution is 2.36. The van der Waals surface area contributed by atoms with E-state index in [0.29, 0.717) is 19.2 Å². The standard InChI is InChI=1S/C24H24F3N3O4/c1-12-20-17(9-18(21(12)27)29-7-6-13(10-29)24(2,3)28)30(11-19(22(20)31)34-23(32)33)16-5-4-14(25)8-15(16)26/h4-5,8-9,11,13H,6-7,10,28H2,1-3H3,(H,32,33)/t13-/m1/s1. The van der Waals surface area contributed by atoms with Crippen molar-refractivity contribution < 1.29 is 27.8 Å². The van der Waals surface area contributed by atoms with Crippen LogP contribution in [0.1, 0.15) is 25.8 Å². The summed E-state index contributed by atoms with van der Waals surface area (Å²) in [4.78, 5) is 26.0. The second-order valence-corrected chi connectivity index (χ2v) is 9.14. The van der Waals surface area contributed by atoms with Crippen LogP contribution >= 0.6 is 0 Å². The molecule has 1 atom stereocenters. The van der Waals surface area contributed by atoms with Gasteiger partial charge >= 0.3 is 6.16 Å². The van der Waals surface area contributed by atoms with Gasteiger partial charge in [0.05, 0.1) is 28.5 Å². The molecule has 34 heavy (non-hydrogen) atoms. The van der Waals surface area contributed by atoms with Crippen LogP contribution in [0.2, 0.25) is 0 Å². The molecule has 1 aliphatic heterocycles. The zero-order valence-electron chi connectivity index (χ0n) is 18.9. The fourth-order valence-corrected chi connectivity index (χ4v) is 4.46. The first-order valence-corrected chi connectivity index (χ1v) is 10.7. The van der Waals surface area contributed by atoms with Crippen LogP contribution in [0.15, 0.2) is 35.3 Å². The Morgan fingerprint density at radius 3 is 2.50 bits per heavy atom. The Kier molecular flexibility index (Phi) is 5.80. The monoisotopic (exact) mass is 475 g/mol. The van der Waals surface area contributed by atoms with Gasteiger partial charge in [-0.15, -0.1) is 0 Å². The smallest absolute Gasteiger partial charge is 0.449 e. The molecule has 2 aromatic carbocycles. The predicted molar refractivity (Wildman–Crippen MR) is 121 cm³/mol. The van der Waals surface area contributed by atoms with E-state index in [1.807, 2.05) is 18.7 Å². The summed E-state index contributed by atoms with van der Waals surface area (Å²) >= 11 is 0. The topological polar surface area (TPSA) is 97.8 Å². The average Bonchev–Trinajstić information content (AvgIpc) is 3.23. The Balaban J connectivity index is 2.00. The number of fused-ring (bicyclic) bond motifs is 1. The summed E-state index contributed by atoms with van der Waals surface area (Å²) in [5.74, 6) is -2.96. The Labute approximate surface area is 193 Å². The number of hydrogen-bond donors (Lipinski definition) is 2. The zero-order chi connectivity index (χ0) is 24.9. The van der Waals surface area contributed by atoms with Crippen molar-refractivity contribution in [2.45, 2.75) is 32.7 Å². The molecule has 10 heteroatoms. The van der Waals surface area contributed by atoms with Crippen LogP contribution in [0.3, 0.4) is 0 Å². The van der Waals surface area contributed by atoms with Crippen molar-refractivity contribution in [3.63, 3.8) is 0 Å². The minimum absolute atomic E-state index is 0.0416. The molecular formula is C24H24F3N3O4. The molecule has 0 aliphatic carbocycles. The van der Waals surface area contributed by atoms with Crippen molar-refractivity contribution in [1.82, 2.24) is 4.57 Å². The van der Waals surface area contributed by atoms with E-state index in [1.165, 1.54) is 17.6 Å².